The summed E-state index contributed by atoms with van der Waals surface area (Å²) < 4.78 is 7.23. The van der Waals surface area contributed by atoms with Gasteiger partial charge in [-0.25, -0.2) is 4.98 Å². The lowest BCUT2D eigenvalue weighted by Gasteiger charge is -2.01. The predicted molar refractivity (Wildman–Crippen MR) is 56.0 cm³/mol. The summed E-state index contributed by atoms with van der Waals surface area (Å²) in [4.78, 5) is 4.06. The van der Waals surface area contributed by atoms with Crippen LogP contribution >= 0.6 is 0 Å². The van der Waals surface area contributed by atoms with Gasteiger partial charge >= 0.3 is 0 Å². The summed E-state index contributed by atoms with van der Waals surface area (Å²) in [6, 6.07) is 1.98. The van der Waals surface area contributed by atoms with Gasteiger partial charge in [-0.3, -0.25) is 4.68 Å². The molecule has 0 aliphatic rings. The number of hydrogen-bond acceptors (Lipinski definition) is 4. The van der Waals surface area contributed by atoms with E-state index in [9.17, 15) is 0 Å². The molecule has 2 aromatic rings. The lowest BCUT2D eigenvalue weighted by molar-refractivity contribution is 0.556. The standard InChI is InChI=1S/C10H14N4O/c1-3-14-9(4-7(2)13-14)10-8(5-11)12-6-15-10/h4,6H,3,5,11H2,1-2H3. The third kappa shape index (κ3) is 1.66. The van der Waals surface area contributed by atoms with E-state index in [1.54, 1.807) is 0 Å². The van der Waals surface area contributed by atoms with E-state index in [1.165, 1.54) is 6.39 Å². The Balaban J connectivity index is 2.52. The maximum absolute atomic E-state index is 5.58. The molecule has 0 radical (unpaired) electrons. The van der Waals surface area contributed by atoms with Gasteiger partial charge in [0.1, 0.15) is 11.4 Å². The van der Waals surface area contributed by atoms with Crippen LogP contribution in [-0.2, 0) is 13.1 Å². The molecule has 5 nitrogen and oxygen atoms in total. The highest BCUT2D eigenvalue weighted by molar-refractivity contribution is 5.55. The van der Waals surface area contributed by atoms with Crippen LogP contribution in [-0.4, -0.2) is 14.8 Å². The van der Waals surface area contributed by atoms with Crippen molar-refractivity contribution in [2.45, 2.75) is 26.9 Å². The molecule has 0 unspecified atom stereocenters. The van der Waals surface area contributed by atoms with Gasteiger partial charge in [-0.2, -0.15) is 5.10 Å². The van der Waals surface area contributed by atoms with Gasteiger partial charge in [0.25, 0.3) is 0 Å². The van der Waals surface area contributed by atoms with Gasteiger partial charge in [0.05, 0.1) is 5.69 Å². The molecule has 5 heteroatoms. The number of nitrogens with zero attached hydrogens (tertiary/aromatic N) is 3. The summed E-state index contributed by atoms with van der Waals surface area (Å²) in [5.41, 5.74) is 8.25. The normalized spacial score (nSPS) is 10.9. The van der Waals surface area contributed by atoms with E-state index in [0.29, 0.717) is 6.54 Å². The first-order valence-corrected chi connectivity index (χ1v) is 4.93. The smallest absolute Gasteiger partial charge is 0.181 e. The van der Waals surface area contributed by atoms with Crippen LogP contribution in [0.25, 0.3) is 11.5 Å². The third-order valence-corrected chi connectivity index (χ3v) is 2.27. The summed E-state index contributed by atoms with van der Waals surface area (Å²) >= 11 is 0. The van der Waals surface area contributed by atoms with Crippen LogP contribution in [0.3, 0.4) is 0 Å². The molecule has 2 heterocycles. The molecule has 0 aliphatic heterocycles. The fourth-order valence-electron chi connectivity index (χ4n) is 1.59. The van der Waals surface area contributed by atoms with Crippen LogP contribution in [0.15, 0.2) is 16.9 Å². The van der Waals surface area contributed by atoms with E-state index in [1.807, 2.05) is 24.6 Å². The van der Waals surface area contributed by atoms with Gasteiger partial charge in [-0.1, -0.05) is 0 Å². The van der Waals surface area contributed by atoms with Gasteiger partial charge < -0.3 is 10.2 Å². The van der Waals surface area contributed by atoms with Crippen LogP contribution in [0.1, 0.15) is 18.3 Å². The van der Waals surface area contributed by atoms with Crippen LogP contribution in [0.5, 0.6) is 0 Å². The highest BCUT2D eigenvalue weighted by Gasteiger charge is 2.14. The summed E-state index contributed by atoms with van der Waals surface area (Å²) in [5.74, 6) is 0.722. The molecule has 15 heavy (non-hydrogen) atoms. The number of hydrogen-bond donors (Lipinski definition) is 1. The number of aromatic nitrogens is 3. The van der Waals surface area contributed by atoms with Gasteiger partial charge in [-0.05, 0) is 19.9 Å². The Morgan fingerprint density at radius 3 is 3.00 bits per heavy atom. The molecule has 0 saturated heterocycles. The molecule has 80 valence electrons. The molecule has 2 aromatic heterocycles. The van der Waals surface area contributed by atoms with Gasteiger partial charge in [0.2, 0.25) is 0 Å². The van der Waals surface area contributed by atoms with Crippen molar-refractivity contribution in [3.8, 4) is 11.5 Å². The zero-order valence-corrected chi connectivity index (χ0v) is 8.90. The largest absolute Gasteiger partial charge is 0.442 e. The Bertz CT molecular complexity index is 458. The Morgan fingerprint density at radius 1 is 1.53 bits per heavy atom. The van der Waals surface area contributed by atoms with Crippen molar-refractivity contribution in [3.05, 3.63) is 23.8 Å². The first-order chi connectivity index (χ1) is 7.26. The Labute approximate surface area is 87.9 Å². The van der Waals surface area contributed by atoms with E-state index in [2.05, 4.69) is 10.1 Å². The third-order valence-electron chi connectivity index (χ3n) is 2.27. The van der Waals surface area contributed by atoms with Gasteiger partial charge in [-0.15, -0.1) is 0 Å². The first kappa shape index (κ1) is 9.92. The molecule has 0 spiro atoms. The van der Waals surface area contributed by atoms with Crippen LogP contribution in [0.2, 0.25) is 0 Å². The number of aryl methyl sites for hydroxylation is 2. The van der Waals surface area contributed by atoms with Gasteiger partial charge in [0.15, 0.2) is 12.2 Å². The molecule has 2 rings (SSSR count). The molecule has 0 fully saturated rings. The van der Waals surface area contributed by atoms with Crippen LogP contribution in [0, 0.1) is 6.92 Å². The van der Waals surface area contributed by atoms with Crippen LogP contribution < -0.4 is 5.73 Å². The maximum atomic E-state index is 5.58. The number of rotatable bonds is 3. The molecular formula is C10H14N4O. The van der Waals surface area contributed by atoms with Crippen molar-refractivity contribution in [1.82, 2.24) is 14.8 Å². The lowest BCUT2D eigenvalue weighted by Crippen LogP contribution is -2.02. The molecule has 0 amide bonds. The Morgan fingerprint density at radius 2 is 2.33 bits per heavy atom. The Hall–Kier alpha value is -1.62. The lowest BCUT2D eigenvalue weighted by atomic mass is 10.2. The van der Waals surface area contributed by atoms with Crippen molar-refractivity contribution in [3.63, 3.8) is 0 Å². The second-order valence-corrected chi connectivity index (χ2v) is 3.32. The van der Waals surface area contributed by atoms with Crippen molar-refractivity contribution in [2.24, 2.45) is 5.73 Å². The minimum Gasteiger partial charge on any atom is -0.442 e. The zero-order valence-electron chi connectivity index (χ0n) is 8.90. The predicted octanol–water partition coefficient (Wildman–Crippen LogP) is 1.33. The Kier molecular flexibility index (Phi) is 2.55. The summed E-state index contributed by atoms with van der Waals surface area (Å²) in [6.07, 6.45) is 1.42. The summed E-state index contributed by atoms with van der Waals surface area (Å²) in [7, 11) is 0. The number of nitrogens with two attached hydrogens (primary N) is 1. The average molecular weight is 206 g/mol. The van der Waals surface area contributed by atoms with E-state index >= 15 is 0 Å². The molecular weight excluding hydrogens is 192 g/mol. The van der Waals surface area contributed by atoms with Crippen molar-refractivity contribution in [2.75, 3.05) is 0 Å². The SMILES string of the molecule is CCn1nc(C)cc1-c1ocnc1CN. The molecule has 0 atom stereocenters. The summed E-state index contributed by atoms with van der Waals surface area (Å²) in [6.45, 7) is 5.16. The maximum Gasteiger partial charge on any atom is 0.181 e. The molecule has 0 saturated carbocycles. The quantitative estimate of drug-likeness (QED) is 0.822. The highest BCUT2D eigenvalue weighted by Crippen LogP contribution is 2.23. The van der Waals surface area contributed by atoms with E-state index < -0.39 is 0 Å². The van der Waals surface area contributed by atoms with Crippen molar-refractivity contribution in [1.29, 1.82) is 0 Å². The minimum absolute atomic E-state index is 0.375. The minimum atomic E-state index is 0.375. The molecule has 0 aromatic carbocycles. The highest BCUT2D eigenvalue weighted by atomic mass is 16.3. The molecule has 0 bridgehead atoms. The second kappa shape index (κ2) is 3.86. The first-order valence-electron chi connectivity index (χ1n) is 4.93. The fourth-order valence-corrected chi connectivity index (χ4v) is 1.59. The number of oxazole rings is 1. The fraction of sp³-hybridized carbons (Fsp3) is 0.400. The molecule has 0 aliphatic carbocycles. The monoisotopic (exact) mass is 206 g/mol. The zero-order chi connectivity index (χ0) is 10.8. The van der Waals surface area contributed by atoms with Crippen molar-refractivity contribution >= 4 is 0 Å². The second-order valence-electron chi connectivity index (χ2n) is 3.32. The average Bonchev–Trinajstić information content (AvgIpc) is 2.82. The topological polar surface area (TPSA) is 69.9 Å². The van der Waals surface area contributed by atoms with Gasteiger partial charge in [0, 0.05) is 13.1 Å². The van der Waals surface area contributed by atoms with E-state index in [4.69, 9.17) is 10.2 Å². The summed E-state index contributed by atoms with van der Waals surface area (Å²) in [5, 5.41) is 4.35. The van der Waals surface area contributed by atoms with E-state index in [-0.39, 0.29) is 0 Å². The van der Waals surface area contributed by atoms with E-state index in [0.717, 1.165) is 29.4 Å². The molecule has 2 N–H and O–H groups in total. The van der Waals surface area contributed by atoms with Crippen molar-refractivity contribution < 1.29 is 4.42 Å². The van der Waals surface area contributed by atoms with Crippen LogP contribution in [0.4, 0.5) is 0 Å².